The molecule has 2 N–H and O–H groups in total. The van der Waals surface area contributed by atoms with Crippen molar-refractivity contribution in [2.24, 2.45) is 0 Å². The van der Waals surface area contributed by atoms with Gasteiger partial charge in [0.2, 0.25) is 0 Å². The van der Waals surface area contributed by atoms with Crippen LogP contribution in [0.4, 0.5) is 0 Å². The molecule has 0 aliphatic rings. The maximum Gasteiger partial charge on any atom is 0.331 e. The van der Waals surface area contributed by atoms with E-state index in [-0.39, 0.29) is 27.8 Å². The molecule has 0 rings (SSSR count). The van der Waals surface area contributed by atoms with Gasteiger partial charge in [-0.1, -0.05) is 5.57 Å². The van der Waals surface area contributed by atoms with Crippen LogP contribution in [0.5, 0.6) is 0 Å². The van der Waals surface area contributed by atoms with Crippen molar-refractivity contribution in [1.29, 1.82) is 0 Å². The number of aliphatic carboxylic acids is 1. The zero-order valence-electron chi connectivity index (χ0n) is 8.88. The number of carboxylic acid groups (broad SMARTS) is 1. The van der Waals surface area contributed by atoms with Gasteiger partial charge >= 0.3 is 5.97 Å². The van der Waals surface area contributed by atoms with Crippen molar-refractivity contribution in [3.05, 3.63) is 11.1 Å². The van der Waals surface area contributed by atoms with Crippen molar-refractivity contribution >= 4 is 5.97 Å². The van der Waals surface area contributed by atoms with Crippen LogP contribution in [0.25, 0.3) is 0 Å². The number of hydrogen-bond donors (Lipinski definition) is 2. The first-order valence-corrected chi connectivity index (χ1v) is 3.84. The predicted molar refractivity (Wildman–Crippen MR) is 49.0 cm³/mol. The summed E-state index contributed by atoms with van der Waals surface area (Å²) in [4.78, 5) is 10.1. The molecule has 0 aliphatic carbocycles. The van der Waals surface area contributed by atoms with Gasteiger partial charge in [0.25, 0.3) is 0 Å². The number of allylic oxidation sites excluding steroid dienone is 1. The minimum atomic E-state index is -0.829. The summed E-state index contributed by atoms with van der Waals surface area (Å²) in [6.07, 6.45) is -0.167. The van der Waals surface area contributed by atoms with E-state index < -0.39 is 5.97 Å². The maximum absolute atomic E-state index is 10.1. The summed E-state index contributed by atoms with van der Waals surface area (Å²) in [6, 6.07) is 0. The normalized spacial score (nSPS) is 7.92. The topological polar surface area (TPSA) is 57.5 Å². The number of aliphatic hydroxyl groups excluding tert-OH is 1. The summed E-state index contributed by atoms with van der Waals surface area (Å²) in [7, 11) is 0. The number of aliphatic hydroxyl groups is 1. The van der Waals surface area contributed by atoms with Crippen LogP contribution in [0, 0.1) is 0 Å². The number of hydrogen-bond acceptors (Lipinski definition) is 2. The molecule has 0 saturated heterocycles. The third kappa shape index (κ3) is 18.7. The number of carbonyl (C=O) groups is 1. The maximum atomic E-state index is 10.1. The van der Waals surface area contributed by atoms with E-state index >= 15 is 0 Å². The van der Waals surface area contributed by atoms with Crippen molar-refractivity contribution in [1.82, 2.24) is 0 Å². The Hall–Kier alpha value is -0.116. The van der Waals surface area contributed by atoms with Crippen LogP contribution < -0.4 is 0 Å². The fourth-order valence-corrected chi connectivity index (χ4v) is 0.214. The summed E-state index contributed by atoms with van der Waals surface area (Å²) < 4.78 is 0. The van der Waals surface area contributed by atoms with Crippen molar-refractivity contribution in [3.8, 4) is 0 Å². The van der Waals surface area contributed by atoms with Crippen LogP contribution in [0.15, 0.2) is 11.1 Å². The van der Waals surface area contributed by atoms with E-state index in [2.05, 4.69) is 0 Å². The standard InChI is InChI=1S/C6H10O2.C3H8O.Ti/c1-4(2)5(3)6(7)8;1-3(2)4;/h1-3H3,(H,7,8);3-4H,1-2H3;. The Morgan fingerprint density at radius 1 is 1.15 bits per heavy atom. The van der Waals surface area contributed by atoms with Crippen LogP contribution in [-0.2, 0) is 26.5 Å². The smallest absolute Gasteiger partial charge is 0.331 e. The molecule has 13 heavy (non-hydrogen) atoms. The summed E-state index contributed by atoms with van der Waals surface area (Å²) in [5, 5.41) is 16.4. The molecule has 0 aliphatic heterocycles. The van der Waals surface area contributed by atoms with E-state index in [1.165, 1.54) is 0 Å². The number of carboxylic acids is 1. The number of rotatable bonds is 1. The summed E-state index contributed by atoms with van der Waals surface area (Å²) in [6.45, 7) is 8.60. The summed E-state index contributed by atoms with van der Waals surface area (Å²) in [5.41, 5.74) is 1.29. The zero-order chi connectivity index (χ0) is 10.3. The van der Waals surface area contributed by atoms with Gasteiger partial charge in [0, 0.05) is 33.4 Å². The molecular formula is C9H18O3Ti. The zero-order valence-corrected chi connectivity index (χ0v) is 10.4. The van der Waals surface area contributed by atoms with Crippen molar-refractivity contribution in [2.45, 2.75) is 40.7 Å². The van der Waals surface area contributed by atoms with Crippen LogP contribution in [0.2, 0.25) is 0 Å². The Kier molecular flexibility index (Phi) is 14.3. The fraction of sp³-hybridized carbons (Fsp3) is 0.667. The van der Waals surface area contributed by atoms with Crippen LogP contribution in [0.3, 0.4) is 0 Å². The molecular weight excluding hydrogens is 204 g/mol. The van der Waals surface area contributed by atoms with E-state index in [0.29, 0.717) is 5.57 Å². The van der Waals surface area contributed by atoms with Crippen LogP contribution >= 0.6 is 0 Å². The molecule has 0 bridgehead atoms. The van der Waals surface area contributed by atoms with Gasteiger partial charge in [0.15, 0.2) is 0 Å². The monoisotopic (exact) mass is 222 g/mol. The van der Waals surface area contributed by atoms with Gasteiger partial charge in [-0.3, -0.25) is 0 Å². The molecule has 0 aromatic heterocycles. The summed E-state index contributed by atoms with van der Waals surface area (Å²) in [5.74, 6) is -0.829. The molecule has 0 heterocycles. The molecule has 0 radical (unpaired) electrons. The second kappa shape index (κ2) is 9.97. The average Bonchev–Trinajstić information content (AvgIpc) is 1.84. The van der Waals surface area contributed by atoms with Gasteiger partial charge in [0.1, 0.15) is 0 Å². The second-order valence-corrected chi connectivity index (χ2v) is 3.02. The van der Waals surface area contributed by atoms with Gasteiger partial charge in [0.05, 0.1) is 0 Å². The van der Waals surface area contributed by atoms with Crippen molar-refractivity contribution in [3.63, 3.8) is 0 Å². The molecule has 0 atom stereocenters. The molecule has 0 aromatic carbocycles. The van der Waals surface area contributed by atoms with Crippen LogP contribution in [-0.4, -0.2) is 22.3 Å². The Balaban J connectivity index is -0.000000173. The molecule has 0 amide bonds. The molecule has 3 nitrogen and oxygen atoms in total. The van der Waals surface area contributed by atoms with E-state index in [1.807, 2.05) is 0 Å². The fourth-order valence-electron chi connectivity index (χ4n) is 0.214. The molecule has 4 heteroatoms. The second-order valence-electron chi connectivity index (χ2n) is 3.02. The molecule has 76 valence electrons. The predicted octanol–water partition coefficient (Wildman–Crippen LogP) is 1.81. The van der Waals surface area contributed by atoms with Gasteiger partial charge in [-0.2, -0.15) is 0 Å². The first kappa shape index (κ1) is 18.6. The Bertz CT molecular complexity index is 167. The van der Waals surface area contributed by atoms with E-state index in [1.54, 1.807) is 34.6 Å². The third-order valence-electron chi connectivity index (χ3n) is 1.07. The molecule has 0 spiro atoms. The molecule has 0 aromatic rings. The first-order valence-electron chi connectivity index (χ1n) is 3.84. The molecule has 0 unspecified atom stereocenters. The van der Waals surface area contributed by atoms with Gasteiger partial charge in [-0.25, -0.2) is 4.79 Å². The Morgan fingerprint density at radius 2 is 1.38 bits per heavy atom. The average molecular weight is 222 g/mol. The first-order chi connectivity index (χ1) is 5.29. The third-order valence-corrected chi connectivity index (χ3v) is 1.07. The van der Waals surface area contributed by atoms with E-state index in [0.717, 1.165) is 5.57 Å². The van der Waals surface area contributed by atoms with Gasteiger partial charge < -0.3 is 10.2 Å². The van der Waals surface area contributed by atoms with Crippen molar-refractivity contribution < 1.29 is 36.7 Å². The van der Waals surface area contributed by atoms with Gasteiger partial charge in [-0.05, 0) is 34.6 Å². The Morgan fingerprint density at radius 3 is 1.38 bits per heavy atom. The van der Waals surface area contributed by atoms with Gasteiger partial charge in [-0.15, -0.1) is 0 Å². The molecule has 0 fully saturated rings. The summed E-state index contributed by atoms with van der Waals surface area (Å²) >= 11 is 0. The van der Waals surface area contributed by atoms with E-state index in [4.69, 9.17) is 10.2 Å². The molecule has 0 saturated carbocycles. The Labute approximate surface area is 94.7 Å². The van der Waals surface area contributed by atoms with E-state index in [9.17, 15) is 4.79 Å². The van der Waals surface area contributed by atoms with Crippen molar-refractivity contribution in [2.75, 3.05) is 0 Å². The SMILES string of the molecule is CC(C)=C(C)C(=O)O.CC(C)O.[Ti]. The van der Waals surface area contributed by atoms with Crippen LogP contribution in [0.1, 0.15) is 34.6 Å². The quantitative estimate of drug-likeness (QED) is 0.525. The largest absolute Gasteiger partial charge is 0.478 e. The minimum Gasteiger partial charge on any atom is -0.478 e. The minimum absolute atomic E-state index is 0.